The normalized spacial score (nSPS) is 35.6. The Morgan fingerprint density at radius 1 is 0.892 bits per heavy atom. The van der Waals surface area contributed by atoms with Gasteiger partial charge in [0.15, 0.2) is 18.7 Å². The number of ketones is 1. The van der Waals surface area contributed by atoms with Crippen LogP contribution >= 0.6 is 0 Å². The summed E-state index contributed by atoms with van der Waals surface area (Å²) < 4.78 is 37.3. The van der Waals surface area contributed by atoms with Crippen molar-refractivity contribution in [3.8, 4) is 0 Å². The highest BCUT2D eigenvalue weighted by molar-refractivity contribution is 5.82. The molecule has 0 aromatic rings. The van der Waals surface area contributed by atoms with Crippen molar-refractivity contribution in [2.75, 3.05) is 26.3 Å². The van der Waals surface area contributed by atoms with Crippen LogP contribution in [-0.2, 0) is 47.6 Å². The molecule has 15 atom stereocenters. The molecular weight excluding hydrogens is 851 g/mol. The van der Waals surface area contributed by atoms with Crippen molar-refractivity contribution in [2.45, 2.75) is 217 Å². The SMILES string of the molecule is CCC1CC(C(=O)NCCNC(=O)C(C)(C)CCOC(C)(C)CC)CC(OC2OC(CO)C(O)C(OC(CC3CCCCC3)C(=O)O)C2(N)CC(C)=O)C1OC1OC(C)C(O)C(O)C1O. The first-order valence-electron chi connectivity index (χ1n) is 23.8. The number of rotatable bonds is 23. The van der Waals surface area contributed by atoms with Crippen LogP contribution in [0.5, 0.6) is 0 Å². The average molecular weight is 932 g/mol. The molecule has 65 heavy (non-hydrogen) atoms. The minimum Gasteiger partial charge on any atom is -0.479 e. The van der Waals surface area contributed by atoms with E-state index >= 15 is 0 Å². The Bertz CT molecular complexity index is 1550. The highest BCUT2D eigenvalue weighted by Gasteiger charge is 2.59. The topological polar surface area (TPSA) is 295 Å². The molecule has 4 aliphatic rings. The molecule has 0 spiro atoms. The molecule has 2 saturated carbocycles. The molecule has 2 amide bonds. The van der Waals surface area contributed by atoms with Crippen LogP contribution in [0.1, 0.15) is 132 Å². The molecule has 0 bridgehead atoms. The Kier molecular flexibility index (Phi) is 20.6. The monoisotopic (exact) mass is 932 g/mol. The zero-order valence-electron chi connectivity index (χ0n) is 39.8. The Hall–Kier alpha value is -2.40. The van der Waals surface area contributed by atoms with Gasteiger partial charge in [0, 0.05) is 37.5 Å². The molecule has 2 aliphatic carbocycles. The van der Waals surface area contributed by atoms with Crippen LogP contribution in [0.25, 0.3) is 0 Å². The number of nitrogens with two attached hydrogens (primary N) is 1. The first-order chi connectivity index (χ1) is 30.5. The number of aliphatic hydroxyl groups excluding tert-OH is 5. The third-order valence-electron chi connectivity index (χ3n) is 14.2. The molecule has 4 rings (SSSR count). The van der Waals surface area contributed by atoms with Crippen molar-refractivity contribution >= 4 is 23.6 Å². The number of carbonyl (C=O) groups excluding carboxylic acids is 3. The maximum Gasteiger partial charge on any atom is 0.332 e. The van der Waals surface area contributed by atoms with E-state index in [0.29, 0.717) is 19.4 Å². The van der Waals surface area contributed by atoms with Crippen molar-refractivity contribution in [1.82, 2.24) is 10.6 Å². The standard InChI is InChI=1S/C46H81N3O16/c1-9-28-21-29(39(56)48-17-18-49-42(59)44(5,6)16-19-60-45(7,8)10-2)22-30(37(28)65-41-36(55)35(54)33(52)26(4)61-41)63-43-46(47,23-25(3)51)38(34(53)32(24-50)64-43)62-31(40(57)58)20-27-14-12-11-13-15-27/h26-38,41,43,50,52-55H,9-24,47H2,1-8H3,(H,48,56)(H,49,59)(H,57,58). The zero-order valence-corrected chi connectivity index (χ0v) is 39.8. The van der Waals surface area contributed by atoms with Crippen molar-refractivity contribution in [2.24, 2.45) is 28.9 Å². The smallest absolute Gasteiger partial charge is 0.332 e. The second-order valence-electron chi connectivity index (χ2n) is 20.2. The van der Waals surface area contributed by atoms with Gasteiger partial charge in [-0.3, -0.25) is 14.4 Å². The van der Waals surface area contributed by atoms with Gasteiger partial charge in [-0.1, -0.05) is 66.2 Å². The second-order valence-corrected chi connectivity index (χ2v) is 20.2. The molecule has 2 saturated heterocycles. The number of carbonyl (C=O) groups is 4. The van der Waals surface area contributed by atoms with E-state index in [1.807, 2.05) is 41.5 Å². The number of carboxylic acids is 1. The predicted molar refractivity (Wildman–Crippen MR) is 235 cm³/mol. The van der Waals surface area contributed by atoms with Crippen LogP contribution in [0.2, 0.25) is 0 Å². The number of Topliss-reactive ketones (excluding diaryl/α,β-unsaturated/α-hetero) is 1. The van der Waals surface area contributed by atoms with Crippen LogP contribution in [0, 0.1) is 23.2 Å². The lowest BCUT2D eigenvalue weighted by Gasteiger charge is -2.53. The van der Waals surface area contributed by atoms with E-state index < -0.39 is 121 Å². The summed E-state index contributed by atoms with van der Waals surface area (Å²) in [6.45, 7) is 14.2. The van der Waals surface area contributed by atoms with E-state index in [2.05, 4.69) is 10.6 Å². The van der Waals surface area contributed by atoms with Crippen molar-refractivity contribution in [3.05, 3.63) is 0 Å². The maximum atomic E-state index is 14.0. The summed E-state index contributed by atoms with van der Waals surface area (Å²) in [7, 11) is 0. The summed E-state index contributed by atoms with van der Waals surface area (Å²) >= 11 is 0. The van der Waals surface area contributed by atoms with Gasteiger partial charge < -0.3 is 75.4 Å². The van der Waals surface area contributed by atoms with Crippen molar-refractivity contribution in [1.29, 1.82) is 0 Å². The minimum absolute atomic E-state index is 0.0442. The van der Waals surface area contributed by atoms with E-state index in [-0.39, 0.29) is 55.7 Å². The Morgan fingerprint density at radius 2 is 1.55 bits per heavy atom. The van der Waals surface area contributed by atoms with Gasteiger partial charge in [-0.05, 0) is 71.6 Å². The zero-order chi connectivity index (χ0) is 48.4. The summed E-state index contributed by atoms with van der Waals surface area (Å²) in [6, 6.07) is 0. The van der Waals surface area contributed by atoms with Gasteiger partial charge in [-0.25, -0.2) is 4.79 Å². The number of hydrogen-bond acceptors (Lipinski definition) is 16. The number of nitrogens with one attached hydrogen (secondary N) is 2. The number of amides is 2. The van der Waals surface area contributed by atoms with E-state index in [9.17, 15) is 49.8 Å². The molecule has 0 radical (unpaired) electrons. The van der Waals surface area contributed by atoms with E-state index in [1.165, 1.54) is 13.8 Å². The number of aliphatic hydroxyl groups is 5. The van der Waals surface area contributed by atoms with E-state index in [4.69, 9.17) is 34.2 Å². The molecule has 376 valence electrons. The fourth-order valence-electron chi connectivity index (χ4n) is 9.50. The first kappa shape index (κ1) is 55.2. The Morgan fingerprint density at radius 3 is 2.15 bits per heavy atom. The first-order valence-corrected chi connectivity index (χ1v) is 23.8. The van der Waals surface area contributed by atoms with Crippen LogP contribution < -0.4 is 16.4 Å². The number of ether oxygens (including phenoxy) is 6. The molecule has 15 unspecified atom stereocenters. The Balaban J connectivity index is 1.60. The number of carboxylic acid groups (broad SMARTS) is 1. The molecule has 0 aromatic carbocycles. The predicted octanol–water partition coefficient (Wildman–Crippen LogP) is 1.44. The van der Waals surface area contributed by atoms with Gasteiger partial charge in [0.05, 0.1) is 30.5 Å². The van der Waals surface area contributed by atoms with Crippen molar-refractivity contribution in [3.63, 3.8) is 0 Å². The van der Waals surface area contributed by atoms with Gasteiger partial charge in [0.25, 0.3) is 0 Å². The van der Waals surface area contributed by atoms with Gasteiger partial charge in [-0.2, -0.15) is 0 Å². The lowest BCUT2D eigenvalue weighted by molar-refractivity contribution is -0.347. The van der Waals surface area contributed by atoms with Gasteiger partial charge in [0.2, 0.25) is 11.8 Å². The summed E-state index contributed by atoms with van der Waals surface area (Å²) in [4.78, 5) is 52.8. The lowest BCUT2D eigenvalue weighted by atomic mass is 9.75. The van der Waals surface area contributed by atoms with Crippen LogP contribution in [-0.4, -0.2) is 165 Å². The maximum absolute atomic E-state index is 14.0. The van der Waals surface area contributed by atoms with Gasteiger partial charge in [-0.15, -0.1) is 0 Å². The summed E-state index contributed by atoms with van der Waals surface area (Å²) in [5, 5.41) is 70.3. The molecular formula is C46H81N3O16. The third-order valence-corrected chi connectivity index (χ3v) is 14.2. The fraction of sp³-hybridized carbons (Fsp3) is 0.913. The Labute approximate surface area is 384 Å². The highest BCUT2D eigenvalue weighted by Crippen LogP contribution is 2.42. The molecule has 2 aliphatic heterocycles. The number of hydrogen-bond donors (Lipinski definition) is 9. The molecule has 4 fully saturated rings. The van der Waals surface area contributed by atoms with Crippen LogP contribution in [0.4, 0.5) is 0 Å². The van der Waals surface area contributed by atoms with Crippen molar-refractivity contribution < 1.29 is 78.2 Å². The number of aliphatic carboxylic acids is 1. The van der Waals surface area contributed by atoms with E-state index in [1.54, 1.807) is 0 Å². The second kappa shape index (κ2) is 24.2. The van der Waals surface area contributed by atoms with E-state index in [0.717, 1.165) is 38.5 Å². The summed E-state index contributed by atoms with van der Waals surface area (Å²) in [5.41, 5.74) is 4.02. The minimum atomic E-state index is -2.04. The molecule has 19 nitrogen and oxygen atoms in total. The molecule has 10 N–H and O–H groups in total. The highest BCUT2D eigenvalue weighted by atomic mass is 16.7. The van der Waals surface area contributed by atoms with Crippen LogP contribution in [0.15, 0.2) is 0 Å². The quantitative estimate of drug-likeness (QED) is 0.0655. The molecule has 2 heterocycles. The third kappa shape index (κ3) is 14.6. The fourth-order valence-corrected chi connectivity index (χ4v) is 9.50. The summed E-state index contributed by atoms with van der Waals surface area (Å²) in [6.07, 6.45) is -10.9. The average Bonchev–Trinajstić information content (AvgIpc) is 3.25. The van der Waals surface area contributed by atoms with Gasteiger partial charge in [0.1, 0.15) is 47.9 Å². The molecule has 19 heteroatoms. The largest absolute Gasteiger partial charge is 0.479 e. The van der Waals surface area contributed by atoms with Gasteiger partial charge >= 0.3 is 5.97 Å². The van der Waals surface area contributed by atoms with Crippen LogP contribution in [0.3, 0.4) is 0 Å². The summed E-state index contributed by atoms with van der Waals surface area (Å²) in [5.74, 6) is -3.44. The lowest BCUT2D eigenvalue weighted by Crippen LogP contribution is -2.74. The molecule has 0 aromatic heterocycles.